The number of hydrogen-bond acceptors (Lipinski definition) is 7. The molecule has 2 aromatic carbocycles. The predicted octanol–water partition coefficient (Wildman–Crippen LogP) is 4.66. The lowest BCUT2D eigenvalue weighted by atomic mass is 9.41. The van der Waals surface area contributed by atoms with Gasteiger partial charge < -0.3 is 52.8 Å². The maximum atomic E-state index is 14.3. The van der Waals surface area contributed by atoms with Crippen LogP contribution in [0.4, 0.5) is 0 Å². The van der Waals surface area contributed by atoms with Crippen LogP contribution in [0, 0.1) is 28.1 Å². The molecule has 2 aliphatic heterocycles. The van der Waals surface area contributed by atoms with E-state index >= 15 is 0 Å². The number of esters is 1. The minimum atomic E-state index is -0.681. The Morgan fingerprint density at radius 3 is 2.60 bits per heavy atom. The standard InChI is InChI=1S/C43H52NO7.HI/c1-26-22-42-16-11-35-40(2,36(42)12-17-43(26,46)24-42)14-7-15-41(35,3)39(45)49-19-6-8-29-28-9-10-32(47-4)38(48-5)31(28)23-44-18-13-27-20-33-34(51-25-50-33)21-30(27)37(29)44;/h9-10,20-21,23,35-36,46H,1,6-8,11-19,22,24-25H2,2-5H3;1H/q+1;/p-1/t35-,36-,40+,41+,42+,43-;/m0./s1. The maximum Gasteiger partial charge on any atom is 0.312 e. The number of benzene rings is 2. The lowest BCUT2D eigenvalue weighted by Crippen LogP contribution is -3.00. The van der Waals surface area contributed by atoms with Crippen LogP contribution in [0.15, 0.2) is 42.6 Å². The number of halogens is 1. The zero-order valence-electron chi connectivity index (χ0n) is 31.1. The third kappa shape index (κ3) is 5.13. The number of hydrogen-bond donors (Lipinski definition) is 1. The molecule has 9 heteroatoms. The summed E-state index contributed by atoms with van der Waals surface area (Å²) in [5, 5.41) is 13.5. The van der Waals surface area contributed by atoms with E-state index in [1.165, 1.54) is 16.8 Å². The minimum absolute atomic E-state index is 0. The van der Waals surface area contributed by atoms with Gasteiger partial charge in [0, 0.05) is 17.4 Å². The number of nitrogens with zero attached hydrogens (tertiary/aromatic N) is 1. The molecule has 0 unspecified atom stereocenters. The molecule has 1 aromatic heterocycles. The molecule has 4 saturated carbocycles. The molecule has 4 fully saturated rings. The van der Waals surface area contributed by atoms with E-state index < -0.39 is 11.0 Å². The summed E-state index contributed by atoms with van der Waals surface area (Å²) in [6.07, 6.45) is 13.3. The van der Waals surface area contributed by atoms with E-state index in [0.29, 0.717) is 24.7 Å². The SMILES string of the molecule is C=C1C[C@@]23CC[C@H]4[C@@](C)(CCC[C@@]4(C)C(=O)OCCCc4c5[n+](cc6c(OC)c(OC)ccc46)CCc4cc6c(cc4-5)OCO6)[C@@H]2CC[C@]1(O)C3.[I-]. The summed E-state index contributed by atoms with van der Waals surface area (Å²) in [5.41, 5.74) is 4.84. The van der Waals surface area contributed by atoms with Crippen LogP contribution in [-0.4, -0.2) is 44.3 Å². The van der Waals surface area contributed by atoms with E-state index in [4.69, 9.17) is 23.7 Å². The highest BCUT2D eigenvalue weighted by molar-refractivity contribution is 5.95. The molecule has 3 aromatic rings. The third-order valence-electron chi connectivity index (χ3n) is 14.7. The first-order chi connectivity index (χ1) is 24.5. The highest BCUT2D eigenvalue weighted by Crippen LogP contribution is 2.73. The Labute approximate surface area is 324 Å². The molecule has 52 heavy (non-hydrogen) atoms. The topological polar surface area (TPSA) is 87.3 Å². The number of rotatable bonds is 7. The number of aryl methyl sites for hydroxylation is 3. The molecule has 0 amide bonds. The van der Waals surface area contributed by atoms with Crippen LogP contribution in [-0.2, 0) is 28.9 Å². The van der Waals surface area contributed by atoms with Crippen molar-refractivity contribution in [3.8, 4) is 34.3 Å². The van der Waals surface area contributed by atoms with Crippen molar-refractivity contribution >= 4 is 16.7 Å². The lowest BCUT2D eigenvalue weighted by Gasteiger charge is -2.63. The quantitative estimate of drug-likeness (QED) is 0.122. The maximum absolute atomic E-state index is 14.3. The van der Waals surface area contributed by atoms with Gasteiger partial charge in [-0.1, -0.05) is 19.9 Å². The van der Waals surface area contributed by atoms with Crippen LogP contribution in [0.1, 0.15) is 89.2 Å². The van der Waals surface area contributed by atoms with E-state index in [-0.39, 0.29) is 53.5 Å². The zero-order chi connectivity index (χ0) is 35.3. The average molecular weight is 822 g/mol. The van der Waals surface area contributed by atoms with Crippen molar-refractivity contribution in [2.75, 3.05) is 27.6 Å². The molecular formula is C43H52INO7. The first-order valence-corrected chi connectivity index (χ1v) is 19.1. The van der Waals surface area contributed by atoms with Crippen LogP contribution >= 0.6 is 0 Å². The van der Waals surface area contributed by atoms with Crippen molar-refractivity contribution < 1.29 is 62.1 Å². The number of pyridine rings is 1. The van der Waals surface area contributed by atoms with Crippen molar-refractivity contribution in [2.45, 2.75) is 103 Å². The molecule has 278 valence electrons. The monoisotopic (exact) mass is 821 g/mol. The lowest BCUT2D eigenvalue weighted by molar-refractivity contribution is -0.686. The summed E-state index contributed by atoms with van der Waals surface area (Å²) in [6.45, 7) is 10.4. The first kappa shape index (κ1) is 36.0. The van der Waals surface area contributed by atoms with Gasteiger partial charge in [0.1, 0.15) is 0 Å². The Morgan fingerprint density at radius 1 is 1.02 bits per heavy atom. The van der Waals surface area contributed by atoms with Crippen molar-refractivity contribution in [2.24, 2.45) is 28.1 Å². The normalized spacial score (nSPS) is 32.2. The molecular weight excluding hydrogens is 769 g/mol. The van der Waals surface area contributed by atoms with Crippen molar-refractivity contribution in [3.05, 3.63) is 53.7 Å². The largest absolute Gasteiger partial charge is 1.00 e. The molecule has 4 aliphatic carbocycles. The summed E-state index contributed by atoms with van der Waals surface area (Å²) >= 11 is 0. The highest BCUT2D eigenvalue weighted by atomic mass is 127. The Hall–Kier alpha value is -3.05. The number of methoxy groups -OCH3 is 2. The minimum Gasteiger partial charge on any atom is -1.00 e. The Balaban J connectivity index is 0.00000387. The Morgan fingerprint density at radius 2 is 1.81 bits per heavy atom. The van der Waals surface area contributed by atoms with Crippen molar-refractivity contribution in [3.63, 3.8) is 0 Å². The molecule has 0 saturated heterocycles. The molecule has 9 rings (SSSR count). The van der Waals surface area contributed by atoms with Gasteiger partial charge in [-0.25, -0.2) is 0 Å². The summed E-state index contributed by atoms with van der Waals surface area (Å²) in [7, 11) is 3.36. The van der Waals surface area contributed by atoms with E-state index in [0.717, 1.165) is 116 Å². The van der Waals surface area contributed by atoms with E-state index in [9.17, 15) is 9.90 Å². The molecule has 2 bridgehead atoms. The fraction of sp³-hybridized carbons (Fsp3) is 0.581. The fourth-order valence-electron chi connectivity index (χ4n) is 12.4. The van der Waals surface area contributed by atoms with Crippen LogP contribution in [0.3, 0.4) is 0 Å². The van der Waals surface area contributed by atoms with Gasteiger partial charge in [-0.05, 0) is 129 Å². The molecule has 8 nitrogen and oxygen atoms in total. The Kier molecular flexibility index (Phi) is 8.83. The summed E-state index contributed by atoms with van der Waals surface area (Å²) in [5.74, 6) is 3.78. The molecule has 1 N–H and O–H groups in total. The molecule has 1 spiro atoms. The van der Waals surface area contributed by atoms with Crippen LogP contribution in [0.25, 0.3) is 22.0 Å². The third-order valence-corrected chi connectivity index (χ3v) is 14.7. The second-order valence-electron chi connectivity index (χ2n) is 17.1. The van der Waals surface area contributed by atoms with Crippen molar-refractivity contribution in [1.82, 2.24) is 0 Å². The van der Waals surface area contributed by atoms with Crippen molar-refractivity contribution in [1.29, 1.82) is 0 Å². The van der Waals surface area contributed by atoms with E-state index in [1.807, 2.05) is 6.07 Å². The van der Waals surface area contributed by atoms with Crippen LogP contribution in [0.5, 0.6) is 23.0 Å². The molecule has 6 aliphatic rings. The van der Waals surface area contributed by atoms with Gasteiger partial charge in [-0.15, -0.1) is 0 Å². The number of aliphatic hydroxyl groups is 1. The van der Waals surface area contributed by atoms with Gasteiger partial charge in [0.05, 0.1) is 42.8 Å². The zero-order valence-corrected chi connectivity index (χ0v) is 33.2. The second-order valence-corrected chi connectivity index (χ2v) is 17.1. The van der Waals surface area contributed by atoms with Gasteiger partial charge in [0.25, 0.3) is 0 Å². The van der Waals surface area contributed by atoms with Crippen LogP contribution < -0.4 is 47.5 Å². The number of fused-ring (bicyclic) bond motifs is 8. The fourth-order valence-corrected chi connectivity index (χ4v) is 12.4. The van der Waals surface area contributed by atoms with E-state index in [2.05, 4.69) is 49.4 Å². The molecule has 3 heterocycles. The van der Waals surface area contributed by atoms with Crippen LogP contribution in [0.2, 0.25) is 0 Å². The Bertz CT molecular complexity index is 1980. The average Bonchev–Trinajstić information content (AvgIpc) is 3.65. The summed E-state index contributed by atoms with van der Waals surface area (Å²) < 4.78 is 31.8. The smallest absolute Gasteiger partial charge is 0.312 e. The number of aromatic nitrogens is 1. The van der Waals surface area contributed by atoms with Gasteiger partial charge >= 0.3 is 5.97 Å². The first-order valence-electron chi connectivity index (χ1n) is 19.1. The predicted molar refractivity (Wildman–Crippen MR) is 193 cm³/mol. The van der Waals surface area contributed by atoms with Gasteiger partial charge in [-0.2, -0.15) is 4.57 Å². The van der Waals surface area contributed by atoms with Gasteiger partial charge in [0.2, 0.25) is 12.5 Å². The van der Waals surface area contributed by atoms with Gasteiger partial charge in [-0.3, -0.25) is 4.79 Å². The molecule has 6 atom stereocenters. The van der Waals surface area contributed by atoms with Gasteiger partial charge in [0.15, 0.2) is 35.7 Å². The number of carbonyl (C=O) groups is 1. The molecule has 0 radical (unpaired) electrons. The second kappa shape index (κ2) is 12.8. The summed E-state index contributed by atoms with van der Waals surface area (Å²) in [6, 6.07) is 8.37. The number of carbonyl (C=O) groups excluding carboxylic acids is 1. The highest BCUT2D eigenvalue weighted by Gasteiger charge is 2.67. The summed E-state index contributed by atoms with van der Waals surface area (Å²) in [4.78, 5) is 14.3. The van der Waals surface area contributed by atoms with E-state index in [1.54, 1.807) is 14.2 Å². The number of ether oxygens (including phenoxy) is 5.